The SMILES string of the molecule is COc1ccccc1-n1nc2c(c1C(C)C)C(c1ccc(Cl)cc1)N(c1cc(Cl)ccc1OCC1=NCN=N1)C2=O. The molecule has 0 spiro atoms. The van der Waals surface area contributed by atoms with Crippen molar-refractivity contribution in [2.75, 3.05) is 25.3 Å². The van der Waals surface area contributed by atoms with Crippen molar-refractivity contribution >= 4 is 40.6 Å². The van der Waals surface area contributed by atoms with E-state index in [0.717, 1.165) is 22.5 Å². The van der Waals surface area contributed by atoms with Crippen LogP contribution in [0.1, 0.15) is 53.1 Å². The number of amidine groups is 1. The van der Waals surface area contributed by atoms with Gasteiger partial charge in [-0.15, -0.1) is 5.11 Å². The standard InChI is InChI=1S/C30H26Cl2N6O3/c1-17(2)28-26-27(36-38(28)21-6-4-5-7-23(21)40-3)30(39)37(29(26)18-8-10-19(31)11-9-18)22-14-20(32)12-13-24(22)41-15-25-33-16-34-35-25/h4-14,17,29H,15-16H2,1-3H3. The van der Waals surface area contributed by atoms with Gasteiger partial charge in [0.25, 0.3) is 5.91 Å². The van der Waals surface area contributed by atoms with Crippen LogP contribution in [-0.2, 0) is 0 Å². The summed E-state index contributed by atoms with van der Waals surface area (Å²) in [4.78, 5) is 20.3. The molecule has 11 heteroatoms. The average molecular weight is 589 g/mol. The Kier molecular flexibility index (Phi) is 7.23. The molecule has 2 aliphatic rings. The number of carbonyl (C=O) groups is 1. The number of benzene rings is 3. The molecule has 41 heavy (non-hydrogen) atoms. The Hall–Kier alpha value is -4.21. The summed E-state index contributed by atoms with van der Waals surface area (Å²) >= 11 is 12.8. The molecule has 0 radical (unpaired) electrons. The fourth-order valence-corrected chi connectivity index (χ4v) is 5.55. The zero-order valence-electron chi connectivity index (χ0n) is 22.6. The van der Waals surface area contributed by atoms with Crippen LogP contribution in [0.5, 0.6) is 11.5 Å². The summed E-state index contributed by atoms with van der Waals surface area (Å²) in [5.41, 5.74) is 4.17. The number of rotatable bonds is 8. The predicted octanol–water partition coefficient (Wildman–Crippen LogP) is 7.26. The predicted molar refractivity (Wildman–Crippen MR) is 158 cm³/mol. The molecule has 0 saturated carbocycles. The number of carbonyl (C=O) groups excluding carboxylic acids is 1. The Morgan fingerprint density at radius 2 is 1.73 bits per heavy atom. The third-order valence-corrected chi connectivity index (χ3v) is 7.49. The van der Waals surface area contributed by atoms with Crippen LogP contribution in [0.4, 0.5) is 5.69 Å². The maximum absolute atomic E-state index is 14.4. The Balaban J connectivity index is 1.55. The van der Waals surface area contributed by atoms with Crippen LogP contribution in [0, 0.1) is 0 Å². The number of amides is 1. The lowest BCUT2D eigenvalue weighted by Gasteiger charge is -2.29. The quantitative estimate of drug-likeness (QED) is 0.216. The minimum Gasteiger partial charge on any atom is -0.494 e. The molecule has 4 aromatic rings. The van der Waals surface area contributed by atoms with Crippen LogP contribution >= 0.6 is 23.2 Å². The van der Waals surface area contributed by atoms with Crippen molar-refractivity contribution in [2.24, 2.45) is 15.2 Å². The Morgan fingerprint density at radius 1 is 0.976 bits per heavy atom. The minimum absolute atomic E-state index is 0.0135. The van der Waals surface area contributed by atoms with Gasteiger partial charge in [-0.25, -0.2) is 9.67 Å². The largest absolute Gasteiger partial charge is 0.494 e. The number of hydrogen-bond donors (Lipinski definition) is 0. The second kappa shape index (κ2) is 11.0. The van der Waals surface area contributed by atoms with Crippen molar-refractivity contribution in [3.05, 3.63) is 99.3 Å². The molecular weight excluding hydrogens is 563 g/mol. The van der Waals surface area contributed by atoms with E-state index in [1.807, 2.05) is 53.2 Å². The van der Waals surface area contributed by atoms with Gasteiger partial charge in [0.2, 0.25) is 0 Å². The summed E-state index contributed by atoms with van der Waals surface area (Å²) in [6, 6.07) is 19.8. The summed E-state index contributed by atoms with van der Waals surface area (Å²) in [7, 11) is 1.62. The number of aliphatic imine (C=N–C) groups is 1. The zero-order valence-corrected chi connectivity index (χ0v) is 24.1. The molecule has 0 fully saturated rings. The lowest BCUT2D eigenvalue weighted by atomic mass is 9.94. The van der Waals surface area contributed by atoms with Gasteiger partial charge in [0, 0.05) is 15.6 Å². The van der Waals surface area contributed by atoms with Gasteiger partial charge >= 0.3 is 0 Å². The Morgan fingerprint density at radius 3 is 2.44 bits per heavy atom. The third-order valence-electron chi connectivity index (χ3n) is 7.00. The van der Waals surface area contributed by atoms with Crippen LogP contribution in [0.3, 0.4) is 0 Å². The van der Waals surface area contributed by atoms with E-state index < -0.39 is 6.04 Å². The molecule has 1 amide bonds. The Labute approximate surface area is 247 Å². The second-order valence-corrected chi connectivity index (χ2v) is 10.7. The van der Waals surface area contributed by atoms with Gasteiger partial charge < -0.3 is 9.47 Å². The van der Waals surface area contributed by atoms with E-state index in [4.69, 9.17) is 37.8 Å². The number of halogens is 2. The maximum Gasteiger partial charge on any atom is 0.280 e. The molecule has 6 rings (SSSR count). The van der Waals surface area contributed by atoms with Crippen LogP contribution in [0.2, 0.25) is 10.0 Å². The average Bonchev–Trinajstić information content (AvgIpc) is 3.69. The molecule has 208 valence electrons. The van der Waals surface area contributed by atoms with E-state index in [-0.39, 0.29) is 25.1 Å². The van der Waals surface area contributed by atoms with Gasteiger partial charge in [-0.05, 0) is 53.9 Å². The summed E-state index contributed by atoms with van der Waals surface area (Å²) in [5, 5.41) is 13.8. The van der Waals surface area contributed by atoms with Gasteiger partial charge in [0.1, 0.15) is 23.8 Å². The molecule has 1 unspecified atom stereocenters. The van der Waals surface area contributed by atoms with Crippen LogP contribution in [0.15, 0.2) is 82.0 Å². The first-order chi connectivity index (χ1) is 19.9. The first-order valence-corrected chi connectivity index (χ1v) is 13.8. The third kappa shape index (κ3) is 4.85. The van der Waals surface area contributed by atoms with Crippen molar-refractivity contribution in [1.29, 1.82) is 0 Å². The monoisotopic (exact) mass is 588 g/mol. The highest BCUT2D eigenvalue weighted by molar-refractivity contribution is 6.31. The molecule has 0 aliphatic carbocycles. The van der Waals surface area contributed by atoms with Gasteiger partial charge in [-0.3, -0.25) is 9.69 Å². The number of hydrogen-bond acceptors (Lipinski definition) is 7. The van der Waals surface area contributed by atoms with Gasteiger partial charge in [0.05, 0.1) is 24.5 Å². The molecular formula is C30H26Cl2N6O3. The second-order valence-electron chi connectivity index (χ2n) is 9.87. The van der Waals surface area contributed by atoms with Crippen molar-refractivity contribution in [3.8, 4) is 17.2 Å². The summed E-state index contributed by atoms with van der Waals surface area (Å²) in [6.07, 6.45) is 0. The number of azo groups is 1. The minimum atomic E-state index is -0.528. The topological polar surface area (TPSA) is 93.7 Å². The van der Waals surface area contributed by atoms with Crippen molar-refractivity contribution in [2.45, 2.75) is 25.8 Å². The first kappa shape index (κ1) is 27.0. The molecule has 1 aromatic heterocycles. The van der Waals surface area contributed by atoms with Gasteiger partial charge in [-0.1, -0.05) is 61.3 Å². The maximum atomic E-state index is 14.4. The molecule has 3 aromatic carbocycles. The van der Waals surface area contributed by atoms with E-state index in [1.165, 1.54) is 0 Å². The summed E-state index contributed by atoms with van der Waals surface area (Å²) in [5.74, 6) is 1.33. The number of methoxy groups -OCH3 is 1. The number of aromatic nitrogens is 2. The van der Waals surface area contributed by atoms with Gasteiger partial charge in [0.15, 0.2) is 18.2 Å². The molecule has 2 aliphatic heterocycles. The highest BCUT2D eigenvalue weighted by atomic mass is 35.5. The smallest absolute Gasteiger partial charge is 0.280 e. The Bertz CT molecular complexity index is 1700. The number of anilines is 1. The molecule has 1 atom stereocenters. The fourth-order valence-electron chi connectivity index (χ4n) is 5.26. The highest BCUT2D eigenvalue weighted by Crippen LogP contribution is 2.48. The van der Waals surface area contributed by atoms with E-state index in [0.29, 0.717) is 38.8 Å². The number of fused-ring (bicyclic) bond motifs is 1. The molecule has 3 heterocycles. The zero-order chi connectivity index (χ0) is 28.7. The van der Waals surface area contributed by atoms with Crippen molar-refractivity contribution in [3.63, 3.8) is 0 Å². The van der Waals surface area contributed by atoms with E-state index in [1.54, 1.807) is 30.2 Å². The number of nitrogens with zero attached hydrogens (tertiary/aromatic N) is 6. The van der Waals surface area contributed by atoms with E-state index >= 15 is 0 Å². The van der Waals surface area contributed by atoms with E-state index in [2.05, 4.69) is 29.1 Å². The van der Waals surface area contributed by atoms with Crippen LogP contribution < -0.4 is 14.4 Å². The van der Waals surface area contributed by atoms with Crippen molar-refractivity contribution in [1.82, 2.24) is 9.78 Å². The molecule has 0 N–H and O–H groups in total. The molecule has 9 nitrogen and oxygen atoms in total. The lowest BCUT2D eigenvalue weighted by molar-refractivity contribution is 0.0987. The lowest BCUT2D eigenvalue weighted by Crippen LogP contribution is -2.31. The van der Waals surface area contributed by atoms with Gasteiger partial charge in [-0.2, -0.15) is 10.2 Å². The van der Waals surface area contributed by atoms with Crippen LogP contribution in [-0.4, -0.2) is 41.9 Å². The fraction of sp³-hybridized carbons (Fsp3) is 0.233. The summed E-state index contributed by atoms with van der Waals surface area (Å²) < 4.78 is 13.6. The van der Waals surface area contributed by atoms with Crippen LogP contribution in [0.25, 0.3) is 5.69 Å². The van der Waals surface area contributed by atoms with Crippen molar-refractivity contribution < 1.29 is 14.3 Å². The number of para-hydroxylation sites is 2. The molecule has 0 saturated heterocycles. The normalized spacial score (nSPS) is 16.0. The highest BCUT2D eigenvalue weighted by Gasteiger charge is 2.46. The summed E-state index contributed by atoms with van der Waals surface area (Å²) in [6.45, 7) is 4.55. The number of ether oxygens (including phenoxy) is 2. The molecule has 0 bridgehead atoms. The van der Waals surface area contributed by atoms with E-state index in [9.17, 15) is 4.79 Å². The first-order valence-electron chi connectivity index (χ1n) is 13.1.